The number of hydrogen-bond donors (Lipinski definition) is 1. The predicted octanol–water partition coefficient (Wildman–Crippen LogP) is 4.24. The van der Waals surface area contributed by atoms with Crippen LogP contribution in [0.4, 0.5) is 10.1 Å². The molecule has 0 bridgehead atoms. The van der Waals surface area contributed by atoms with Crippen molar-refractivity contribution < 1.29 is 9.13 Å². The molecule has 0 unspecified atom stereocenters. The van der Waals surface area contributed by atoms with E-state index in [1.165, 1.54) is 6.07 Å². The minimum Gasteiger partial charge on any atom is -0.380 e. The molecule has 0 aliphatic carbocycles. The average Bonchev–Trinajstić information content (AvgIpc) is 2.41. The molecule has 0 aromatic heterocycles. The fraction of sp³-hybridized carbons (Fsp3) is 0.200. The third kappa shape index (κ3) is 3.69. The molecule has 2 aromatic carbocycles. The normalized spacial score (nSPS) is 10.5. The molecule has 2 rings (SSSR count). The van der Waals surface area contributed by atoms with E-state index in [9.17, 15) is 4.39 Å². The number of halogens is 2. The molecule has 2 aromatic rings. The van der Waals surface area contributed by atoms with Crippen molar-refractivity contribution in [2.75, 3.05) is 12.4 Å². The Morgan fingerprint density at radius 2 is 1.89 bits per heavy atom. The van der Waals surface area contributed by atoms with Crippen molar-refractivity contribution in [1.29, 1.82) is 0 Å². The second kappa shape index (κ2) is 6.55. The van der Waals surface area contributed by atoms with Gasteiger partial charge in [-0.2, -0.15) is 0 Å². The van der Waals surface area contributed by atoms with E-state index in [-0.39, 0.29) is 5.02 Å². The first-order valence-electron chi connectivity index (χ1n) is 5.95. The van der Waals surface area contributed by atoms with Gasteiger partial charge in [0.15, 0.2) is 5.82 Å². The van der Waals surface area contributed by atoms with Gasteiger partial charge in [0.25, 0.3) is 0 Å². The lowest BCUT2D eigenvalue weighted by atomic mass is 10.1. The highest BCUT2D eigenvalue weighted by Gasteiger charge is 2.05. The highest BCUT2D eigenvalue weighted by Crippen LogP contribution is 2.22. The van der Waals surface area contributed by atoms with Gasteiger partial charge in [0.05, 0.1) is 17.3 Å². The molecule has 0 aliphatic heterocycles. The smallest absolute Gasteiger partial charge is 0.164 e. The van der Waals surface area contributed by atoms with Gasteiger partial charge in [0.2, 0.25) is 0 Å². The Hall–Kier alpha value is -1.58. The van der Waals surface area contributed by atoms with Gasteiger partial charge in [-0.1, -0.05) is 41.9 Å². The molecule has 0 saturated carbocycles. The van der Waals surface area contributed by atoms with Gasteiger partial charge in [-0.25, -0.2) is 4.39 Å². The van der Waals surface area contributed by atoms with Crippen molar-refractivity contribution in [2.45, 2.75) is 13.2 Å². The summed E-state index contributed by atoms with van der Waals surface area (Å²) < 4.78 is 18.8. The third-order valence-electron chi connectivity index (χ3n) is 2.74. The Labute approximate surface area is 117 Å². The molecule has 0 atom stereocenters. The van der Waals surface area contributed by atoms with E-state index in [1.807, 2.05) is 24.3 Å². The topological polar surface area (TPSA) is 21.3 Å². The maximum Gasteiger partial charge on any atom is 0.164 e. The monoisotopic (exact) mass is 279 g/mol. The van der Waals surface area contributed by atoms with Gasteiger partial charge < -0.3 is 10.1 Å². The molecule has 0 fully saturated rings. The minimum atomic E-state index is -0.419. The van der Waals surface area contributed by atoms with Crippen LogP contribution in [-0.4, -0.2) is 7.11 Å². The first kappa shape index (κ1) is 13.8. The second-order valence-corrected chi connectivity index (χ2v) is 4.62. The van der Waals surface area contributed by atoms with Crippen LogP contribution in [0.2, 0.25) is 5.02 Å². The fourth-order valence-electron chi connectivity index (χ4n) is 1.83. The summed E-state index contributed by atoms with van der Waals surface area (Å²) in [4.78, 5) is 0. The van der Waals surface area contributed by atoms with Crippen molar-refractivity contribution in [2.24, 2.45) is 0 Å². The van der Waals surface area contributed by atoms with Crippen LogP contribution in [0, 0.1) is 5.82 Å². The minimum absolute atomic E-state index is 0.123. The first-order valence-corrected chi connectivity index (χ1v) is 6.33. The fourth-order valence-corrected chi connectivity index (χ4v) is 2.01. The van der Waals surface area contributed by atoms with E-state index in [0.717, 1.165) is 11.1 Å². The molecule has 2 nitrogen and oxygen atoms in total. The van der Waals surface area contributed by atoms with Gasteiger partial charge in [0.1, 0.15) is 0 Å². The van der Waals surface area contributed by atoms with E-state index in [4.69, 9.17) is 16.3 Å². The van der Waals surface area contributed by atoms with Gasteiger partial charge in [-0.3, -0.25) is 0 Å². The van der Waals surface area contributed by atoms with Crippen molar-refractivity contribution in [1.82, 2.24) is 0 Å². The Balaban J connectivity index is 2.06. The highest BCUT2D eigenvalue weighted by atomic mass is 35.5. The van der Waals surface area contributed by atoms with E-state index >= 15 is 0 Å². The van der Waals surface area contributed by atoms with Crippen molar-refractivity contribution in [3.8, 4) is 0 Å². The molecule has 0 radical (unpaired) electrons. The summed E-state index contributed by atoms with van der Waals surface area (Å²) >= 11 is 5.73. The predicted molar refractivity (Wildman–Crippen MR) is 75.9 cm³/mol. The van der Waals surface area contributed by atoms with Crippen molar-refractivity contribution in [3.05, 3.63) is 64.4 Å². The molecule has 4 heteroatoms. The quantitative estimate of drug-likeness (QED) is 0.884. The molecular weight excluding hydrogens is 265 g/mol. The number of methoxy groups -OCH3 is 1. The summed E-state index contributed by atoms with van der Waals surface area (Å²) in [6.45, 7) is 1.11. The number of rotatable bonds is 5. The standard InChI is InChI=1S/C15H15ClFNO/c1-19-10-12-5-2-4-11(8-12)9-18-14-7-3-6-13(16)15(14)17/h2-8,18H,9-10H2,1H3. The molecule has 0 aliphatic rings. The van der Waals surface area contributed by atoms with Crippen LogP contribution in [0.15, 0.2) is 42.5 Å². The molecule has 0 spiro atoms. The Kier molecular flexibility index (Phi) is 4.77. The molecule has 0 saturated heterocycles. The van der Waals surface area contributed by atoms with E-state index < -0.39 is 5.82 Å². The molecule has 100 valence electrons. The molecule has 1 N–H and O–H groups in total. The van der Waals surface area contributed by atoms with Crippen LogP contribution in [0.25, 0.3) is 0 Å². The molecular formula is C15H15ClFNO. The zero-order valence-corrected chi connectivity index (χ0v) is 11.4. The summed E-state index contributed by atoms with van der Waals surface area (Å²) in [5.74, 6) is -0.419. The zero-order chi connectivity index (χ0) is 13.7. The largest absolute Gasteiger partial charge is 0.380 e. The van der Waals surface area contributed by atoms with Gasteiger partial charge in [0, 0.05) is 13.7 Å². The van der Waals surface area contributed by atoms with Crippen molar-refractivity contribution in [3.63, 3.8) is 0 Å². The summed E-state index contributed by atoms with van der Waals surface area (Å²) in [7, 11) is 1.66. The number of hydrogen-bond acceptors (Lipinski definition) is 2. The molecule has 0 heterocycles. The number of benzene rings is 2. The third-order valence-corrected chi connectivity index (χ3v) is 3.03. The average molecular weight is 280 g/mol. The van der Waals surface area contributed by atoms with Gasteiger partial charge in [-0.15, -0.1) is 0 Å². The zero-order valence-electron chi connectivity index (χ0n) is 10.6. The summed E-state index contributed by atoms with van der Waals surface area (Å²) in [6.07, 6.45) is 0. The number of anilines is 1. The number of ether oxygens (including phenoxy) is 1. The van der Waals surface area contributed by atoms with E-state index in [2.05, 4.69) is 5.32 Å². The first-order chi connectivity index (χ1) is 9.20. The maximum absolute atomic E-state index is 13.7. The van der Waals surface area contributed by atoms with Gasteiger partial charge >= 0.3 is 0 Å². The lowest BCUT2D eigenvalue weighted by Gasteiger charge is -2.09. The van der Waals surface area contributed by atoms with Crippen LogP contribution in [0.5, 0.6) is 0 Å². The highest BCUT2D eigenvalue weighted by molar-refractivity contribution is 6.31. The second-order valence-electron chi connectivity index (χ2n) is 4.21. The lowest BCUT2D eigenvalue weighted by molar-refractivity contribution is 0.185. The van der Waals surface area contributed by atoms with Crippen LogP contribution in [-0.2, 0) is 17.9 Å². The SMILES string of the molecule is COCc1cccc(CNc2cccc(Cl)c2F)c1. The van der Waals surface area contributed by atoms with Crippen LogP contribution < -0.4 is 5.32 Å². The Morgan fingerprint density at radius 3 is 2.68 bits per heavy atom. The summed E-state index contributed by atoms with van der Waals surface area (Å²) in [5, 5.41) is 3.16. The summed E-state index contributed by atoms with van der Waals surface area (Å²) in [6, 6.07) is 12.9. The van der Waals surface area contributed by atoms with Crippen LogP contribution >= 0.6 is 11.6 Å². The molecule has 19 heavy (non-hydrogen) atoms. The van der Waals surface area contributed by atoms with Crippen LogP contribution in [0.1, 0.15) is 11.1 Å². The molecule has 0 amide bonds. The maximum atomic E-state index is 13.7. The Bertz CT molecular complexity index is 560. The van der Waals surface area contributed by atoms with Crippen molar-refractivity contribution >= 4 is 17.3 Å². The van der Waals surface area contributed by atoms with Gasteiger partial charge in [-0.05, 0) is 23.3 Å². The van der Waals surface area contributed by atoms with Crippen LogP contribution in [0.3, 0.4) is 0 Å². The Morgan fingerprint density at radius 1 is 1.16 bits per heavy atom. The summed E-state index contributed by atoms with van der Waals surface area (Å²) in [5.41, 5.74) is 2.56. The van der Waals surface area contributed by atoms with E-state index in [0.29, 0.717) is 18.8 Å². The number of nitrogens with one attached hydrogen (secondary N) is 1. The lowest BCUT2D eigenvalue weighted by Crippen LogP contribution is -2.02. The van der Waals surface area contributed by atoms with E-state index in [1.54, 1.807) is 19.2 Å².